The molecule has 16 heavy (non-hydrogen) atoms. The van der Waals surface area contributed by atoms with Crippen molar-refractivity contribution in [3.63, 3.8) is 0 Å². The van der Waals surface area contributed by atoms with Gasteiger partial charge in [0.05, 0.1) is 12.1 Å². The summed E-state index contributed by atoms with van der Waals surface area (Å²) < 4.78 is 4.59. The molecule has 2 rings (SSSR count). The van der Waals surface area contributed by atoms with Crippen molar-refractivity contribution in [2.24, 2.45) is 0 Å². The molecule has 1 aliphatic rings. The number of aromatic nitrogens is 1. The summed E-state index contributed by atoms with van der Waals surface area (Å²) in [6.45, 7) is 0. The summed E-state index contributed by atoms with van der Waals surface area (Å²) in [6.07, 6.45) is 3.24. The first-order chi connectivity index (χ1) is 7.62. The molecule has 1 aliphatic carbocycles. The average Bonchev–Trinajstić information content (AvgIpc) is 2.63. The normalized spacial score (nSPS) is 17.5. The molecule has 0 aromatic carbocycles. The highest BCUT2D eigenvalue weighted by Crippen LogP contribution is 2.32. The lowest BCUT2D eigenvalue weighted by Crippen LogP contribution is -2.59. The van der Waals surface area contributed by atoms with Gasteiger partial charge in [-0.1, -0.05) is 5.16 Å². The molecule has 0 atom stereocenters. The van der Waals surface area contributed by atoms with E-state index in [0.717, 1.165) is 6.42 Å². The SMILES string of the molecule is O=C(Cc1ccon1)NC1(C(=O)O)CCC1. The second-order valence-corrected chi connectivity index (χ2v) is 3.96. The van der Waals surface area contributed by atoms with E-state index in [-0.39, 0.29) is 12.3 Å². The van der Waals surface area contributed by atoms with Crippen molar-refractivity contribution in [1.82, 2.24) is 10.5 Å². The first kappa shape index (κ1) is 10.7. The molecule has 1 aromatic heterocycles. The topological polar surface area (TPSA) is 92.4 Å². The molecular formula is C10H12N2O4. The van der Waals surface area contributed by atoms with Gasteiger partial charge in [-0.2, -0.15) is 0 Å². The third-order valence-corrected chi connectivity index (χ3v) is 2.83. The number of carboxylic acid groups (broad SMARTS) is 1. The second kappa shape index (κ2) is 3.96. The van der Waals surface area contributed by atoms with E-state index in [1.807, 2.05) is 0 Å². The van der Waals surface area contributed by atoms with Crippen molar-refractivity contribution in [2.45, 2.75) is 31.2 Å². The van der Waals surface area contributed by atoms with Gasteiger partial charge in [-0.3, -0.25) is 4.79 Å². The van der Waals surface area contributed by atoms with Crippen LogP contribution in [-0.4, -0.2) is 27.7 Å². The molecule has 1 amide bonds. The molecule has 0 saturated heterocycles. The van der Waals surface area contributed by atoms with Gasteiger partial charge in [-0.25, -0.2) is 4.79 Å². The zero-order chi connectivity index (χ0) is 11.6. The monoisotopic (exact) mass is 224 g/mol. The molecule has 86 valence electrons. The Morgan fingerprint density at radius 1 is 1.56 bits per heavy atom. The Kier molecular flexibility index (Phi) is 2.64. The van der Waals surface area contributed by atoms with Crippen LogP contribution in [0.15, 0.2) is 16.9 Å². The summed E-state index contributed by atoms with van der Waals surface area (Å²) >= 11 is 0. The highest BCUT2D eigenvalue weighted by molar-refractivity contribution is 5.88. The Morgan fingerprint density at radius 3 is 2.75 bits per heavy atom. The Morgan fingerprint density at radius 2 is 2.31 bits per heavy atom. The number of aliphatic carboxylic acids is 1. The lowest BCUT2D eigenvalue weighted by Gasteiger charge is -2.38. The van der Waals surface area contributed by atoms with Crippen molar-refractivity contribution < 1.29 is 19.2 Å². The summed E-state index contributed by atoms with van der Waals surface area (Å²) in [4.78, 5) is 22.6. The number of carboxylic acids is 1. The van der Waals surface area contributed by atoms with Gasteiger partial charge in [0.1, 0.15) is 11.8 Å². The zero-order valence-corrected chi connectivity index (χ0v) is 8.60. The van der Waals surface area contributed by atoms with Crippen molar-refractivity contribution in [2.75, 3.05) is 0 Å². The Bertz CT molecular complexity index is 395. The molecule has 0 aliphatic heterocycles. The standard InChI is InChI=1S/C10H12N2O4/c13-8(6-7-2-5-16-12-7)11-10(9(14)15)3-1-4-10/h2,5H,1,3-4,6H2,(H,11,13)(H,14,15). The fourth-order valence-corrected chi connectivity index (χ4v) is 1.73. The first-order valence-corrected chi connectivity index (χ1v) is 5.06. The smallest absolute Gasteiger partial charge is 0.329 e. The van der Waals surface area contributed by atoms with Crippen LogP contribution in [0.5, 0.6) is 0 Å². The molecule has 1 aromatic rings. The van der Waals surface area contributed by atoms with E-state index in [1.165, 1.54) is 6.26 Å². The molecule has 1 saturated carbocycles. The molecule has 0 radical (unpaired) electrons. The molecule has 2 N–H and O–H groups in total. The number of carbonyl (C=O) groups excluding carboxylic acids is 1. The maximum Gasteiger partial charge on any atom is 0.329 e. The van der Waals surface area contributed by atoms with E-state index in [2.05, 4.69) is 15.0 Å². The minimum atomic E-state index is -1.05. The van der Waals surface area contributed by atoms with Gasteiger partial charge in [0.25, 0.3) is 0 Å². The summed E-state index contributed by atoms with van der Waals surface area (Å²) in [5, 5.41) is 15.1. The zero-order valence-electron chi connectivity index (χ0n) is 8.60. The summed E-state index contributed by atoms with van der Waals surface area (Å²) in [6, 6.07) is 1.58. The summed E-state index contributed by atoms with van der Waals surface area (Å²) in [5.74, 6) is -1.30. The summed E-state index contributed by atoms with van der Waals surface area (Å²) in [5.41, 5.74) is -0.557. The molecule has 0 spiro atoms. The molecule has 6 heteroatoms. The number of carbonyl (C=O) groups is 2. The Hall–Kier alpha value is -1.85. The quantitative estimate of drug-likeness (QED) is 0.769. The minimum absolute atomic E-state index is 0.0472. The van der Waals surface area contributed by atoms with Crippen LogP contribution in [0.1, 0.15) is 25.0 Å². The van der Waals surface area contributed by atoms with Crippen LogP contribution >= 0.6 is 0 Å². The Labute approximate surface area is 91.6 Å². The molecule has 6 nitrogen and oxygen atoms in total. The summed E-state index contributed by atoms with van der Waals surface area (Å²) in [7, 11) is 0. The van der Waals surface area contributed by atoms with Gasteiger partial charge in [0.2, 0.25) is 5.91 Å². The lowest BCUT2D eigenvalue weighted by molar-refractivity contribution is -0.151. The van der Waals surface area contributed by atoms with Gasteiger partial charge in [0, 0.05) is 6.07 Å². The van der Waals surface area contributed by atoms with E-state index >= 15 is 0 Å². The van der Waals surface area contributed by atoms with Crippen LogP contribution in [0.25, 0.3) is 0 Å². The predicted molar refractivity (Wildman–Crippen MR) is 52.6 cm³/mol. The fraction of sp³-hybridized carbons (Fsp3) is 0.500. The maximum absolute atomic E-state index is 11.6. The average molecular weight is 224 g/mol. The van der Waals surface area contributed by atoms with Gasteiger partial charge in [0.15, 0.2) is 0 Å². The van der Waals surface area contributed by atoms with Crippen molar-refractivity contribution >= 4 is 11.9 Å². The molecular weight excluding hydrogens is 212 g/mol. The van der Waals surface area contributed by atoms with Crippen LogP contribution in [0.4, 0.5) is 0 Å². The maximum atomic E-state index is 11.6. The van der Waals surface area contributed by atoms with E-state index in [9.17, 15) is 9.59 Å². The van der Waals surface area contributed by atoms with E-state index in [1.54, 1.807) is 6.07 Å². The van der Waals surface area contributed by atoms with Gasteiger partial charge >= 0.3 is 5.97 Å². The highest BCUT2D eigenvalue weighted by atomic mass is 16.5. The molecule has 1 heterocycles. The van der Waals surface area contributed by atoms with Gasteiger partial charge in [-0.15, -0.1) is 0 Å². The minimum Gasteiger partial charge on any atom is -0.480 e. The fourth-order valence-electron chi connectivity index (χ4n) is 1.73. The third kappa shape index (κ3) is 1.91. The highest BCUT2D eigenvalue weighted by Gasteiger charge is 2.45. The largest absolute Gasteiger partial charge is 0.480 e. The number of amides is 1. The predicted octanol–water partition coefficient (Wildman–Crippen LogP) is 0.341. The number of nitrogens with zero attached hydrogens (tertiary/aromatic N) is 1. The van der Waals surface area contributed by atoms with E-state index in [0.29, 0.717) is 18.5 Å². The van der Waals surface area contributed by atoms with E-state index in [4.69, 9.17) is 5.11 Å². The molecule has 1 fully saturated rings. The Balaban J connectivity index is 1.94. The number of hydrogen-bond acceptors (Lipinski definition) is 4. The van der Waals surface area contributed by atoms with Crippen LogP contribution < -0.4 is 5.32 Å². The van der Waals surface area contributed by atoms with Crippen LogP contribution in [0.2, 0.25) is 0 Å². The van der Waals surface area contributed by atoms with Crippen LogP contribution in [0.3, 0.4) is 0 Å². The third-order valence-electron chi connectivity index (χ3n) is 2.83. The first-order valence-electron chi connectivity index (χ1n) is 5.06. The molecule has 0 bridgehead atoms. The number of rotatable bonds is 4. The number of hydrogen-bond donors (Lipinski definition) is 2. The van der Waals surface area contributed by atoms with Gasteiger partial charge < -0.3 is 14.9 Å². The second-order valence-electron chi connectivity index (χ2n) is 3.96. The van der Waals surface area contributed by atoms with Crippen molar-refractivity contribution in [3.8, 4) is 0 Å². The van der Waals surface area contributed by atoms with E-state index < -0.39 is 11.5 Å². The van der Waals surface area contributed by atoms with Crippen molar-refractivity contribution in [3.05, 3.63) is 18.0 Å². The van der Waals surface area contributed by atoms with Crippen LogP contribution in [-0.2, 0) is 16.0 Å². The van der Waals surface area contributed by atoms with Crippen LogP contribution in [0, 0.1) is 0 Å². The van der Waals surface area contributed by atoms with Crippen molar-refractivity contribution in [1.29, 1.82) is 0 Å². The van der Waals surface area contributed by atoms with Gasteiger partial charge in [-0.05, 0) is 19.3 Å². The molecule has 0 unspecified atom stereocenters. The lowest BCUT2D eigenvalue weighted by atomic mass is 9.76. The number of nitrogens with one attached hydrogen (secondary N) is 1.